The summed E-state index contributed by atoms with van der Waals surface area (Å²) in [7, 11) is 1.77. The molecule has 1 aliphatic rings. The molecule has 1 heterocycles. The second-order valence-electron chi connectivity index (χ2n) is 9.85. The fourth-order valence-electron chi connectivity index (χ4n) is 4.63. The molecule has 0 spiro atoms. The van der Waals surface area contributed by atoms with Crippen LogP contribution in [0.15, 0.2) is 53.5 Å². The van der Waals surface area contributed by atoms with E-state index < -0.39 is 24.0 Å². The first-order valence-corrected chi connectivity index (χ1v) is 13.1. The average molecular weight is 526 g/mol. The number of ether oxygens (including phenoxy) is 1. The Morgan fingerprint density at radius 2 is 1.86 bits per heavy atom. The van der Waals surface area contributed by atoms with Gasteiger partial charge in [0.25, 0.3) is 0 Å². The summed E-state index contributed by atoms with van der Waals surface area (Å²) < 4.78 is 5.53. The molecular weight excluding hydrogens is 490 g/mol. The van der Waals surface area contributed by atoms with Crippen molar-refractivity contribution >= 4 is 35.2 Å². The molecule has 3 amide bonds. The molecule has 2 aromatic rings. The van der Waals surface area contributed by atoms with E-state index >= 15 is 0 Å². The predicted molar refractivity (Wildman–Crippen MR) is 146 cm³/mol. The van der Waals surface area contributed by atoms with Gasteiger partial charge in [0.05, 0.1) is 12.1 Å². The molecule has 0 radical (unpaired) electrons. The van der Waals surface area contributed by atoms with Gasteiger partial charge in [-0.1, -0.05) is 53.6 Å². The van der Waals surface area contributed by atoms with Gasteiger partial charge in [-0.2, -0.15) is 0 Å². The summed E-state index contributed by atoms with van der Waals surface area (Å²) in [6, 6.07) is 14.3. The maximum absolute atomic E-state index is 13.1. The van der Waals surface area contributed by atoms with E-state index in [2.05, 4.69) is 11.1 Å². The van der Waals surface area contributed by atoms with Gasteiger partial charge in [-0.25, -0.2) is 9.79 Å². The number of aryl methyl sites for hydroxylation is 2. The van der Waals surface area contributed by atoms with Crippen molar-refractivity contribution in [2.45, 2.75) is 59.1 Å². The molecule has 2 unspecified atom stereocenters. The van der Waals surface area contributed by atoms with Crippen LogP contribution < -0.4 is 0 Å². The van der Waals surface area contributed by atoms with Crippen molar-refractivity contribution in [1.82, 2.24) is 9.80 Å². The van der Waals surface area contributed by atoms with Crippen molar-refractivity contribution in [2.24, 2.45) is 10.9 Å². The van der Waals surface area contributed by atoms with Crippen LogP contribution in [0.5, 0.6) is 0 Å². The highest BCUT2D eigenvalue weighted by Crippen LogP contribution is 2.36. The quantitative estimate of drug-likeness (QED) is 0.376. The molecule has 0 aromatic heterocycles. The van der Waals surface area contributed by atoms with Gasteiger partial charge < -0.3 is 14.5 Å². The van der Waals surface area contributed by atoms with Gasteiger partial charge in [0.15, 0.2) is 0 Å². The van der Waals surface area contributed by atoms with E-state index in [4.69, 9.17) is 16.3 Å². The lowest BCUT2D eigenvalue weighted by Crippen LogP contribution is -2.48. The van der Waals surface area contributed by atoms with E-state index in [9.17, 15) is 14.4 Å². The number of benzene rings is 2. The molecule has 8 heteroatoms. The van der Waals surface area contributed by atoms with Crippen molar-refractivity contribution < 1.29 is 19.1 Å². The molecule has 0 saturated heterocycles. The van der Waals surface area contributed by atoms with E-state index in [-0.39, 0.29) is 12.0 Å². The smallest absolute Gasteiger partial charge is 0.344 e. The maximum Gasteiger partial charge on any atom is 0.344 e. The molecule has 2 atom stereocenters. The molecule has 1 aliphatic heterocycles. The third-order valence-electron chi connectivity index (χ3n) is 6.44. The van der Waals surface area contributed by atoms with Crippen LogP contribution in [0, 0.1) is 12.8 Å². The number of esters is 1. The predicted octanol–water partition coefficient (Wildman–Crippen LogP) is 5.64. The zero-order valence-electron chi connectivity index (χ0n) is 22.2. The third-order valence-corrected chi connectivity index (χ3v) is 6.68. The lowest BCUT2D eigenvalue weighted by Gasteiger charge is -2.39. The summed E-state index contributed by atoms with van der Waals surface area (Å²) in [6.45, 7) is 8.09. The zero-order valence-corrected chi connectivity index (χ0v) is 23.0. The molecule has 37 heavy (non-hydrogen) atoms. The van der Waals surface area contributed by atoms with Crippen molar-refractivity contribution in [3.8, 4) is 0 Å². The average Bonchev–Trinajstić information content (AvgIpc) is 2.82. The molecule has 7 nitrogen and oxygen atoms in total. The second-order valence-corrected chi connectivity index (χ2v) is 10.3. The summed E-state index contributed by atoms with van der Waals surface area (Å²) >= 11 is 6.27. The summed E-state index contributed by atoms with van der Waals surface area (Å²) in [6.07, 6.45) is 1.34. The lowest BCUT2D eigenvalue weighted by molar-refractivity contribution is -0.151. The Balaban J connectivity index is 1.71. The second kappa shape index (κ2) is 12.9. The first-order chi connectivity index (χ1) is 17.6. The minimum absolute atomic E-state index is 0.0464. The van der Waals surface area contributed by atoms with Crippen LogP contribution in [0.1, 0.15) is 56.3 Å². The fraction of sp³-hybridized carbons (Fsp3) is 0.448. The first-order valence-electron chi connectivity index (χ1n) is 12.7. The van der Waals surface area contributed by atoms with Crippen molar-refractivity contribution in [3.05, 3.63) is 70.2 Å². The van der Waals surface area contributed by atoms with Gasteiger partial charge in [0, 0.05) is 37.3 Å². The number of carbonyl (C=O) groups excluding carboxylic acids is 3. The molecule has 3 rings (SSSR count). The van der Waals surface area contributed by atoms with Crippen LogP contribution >= 0.6 is 11.6 Å². The van der Waals surface area contributed by atoms with Crippen LogP contribution in [-0.4, -0.2) is 59.7 Å². The standard InChI is InChI=1S/C29H36ClN3O4/c1-19(2)37-28(35)26-21(4)31-29(36)33(27(26)23-11-7-12-24(30)18-23)16-8-15-32(5)25(34)14-13-22-10-6-9-20(3)17-22/h6-7,9-12,17-19,26-27H,8,13-16H2,1-5H3. The molecular formula is C29H36ClN3O4. The SMILES string of the molecule is CC1=NC(=O)N(CCCN(C)C(=O)CCc2cccc(C)c2)C(c2cccc(Cl)c2)C1C(=O)OC(C)C. The van der Waals surface area contributed by atoms with Gasteiger partial charge in [-0.05, 0) is 63.8 Å². The summed E-state index contributed by atoms with van der Waals surface area (Å²) in [5.74, 6) is -1.13. The van der Waals surface area contributed by atoms with Crippen LogP contribution in [-0.2, 0) is 20.7 Å². The number of rotatable bonds is 10. The van der Waals surface area contributed by atoms with E-state index in [1.165, 1.54) is 5.56 Å². The van der Waals surface area contributed by atoms with E-state index in [0.717, 1.165) is 11.1 Å². The fourth-order valence-corrected chi connectivity index (χ4v) is 4.83. The number of nitrogens with zero attached hydrogens (tertiary/aromatic N) is 3. The molecule has 0 bridgehead atoms. The molecule has 198 valence electrons. The highest BCUT2D eigenvalue weighted by atomic mass is 35.5. The van der Waals surface area contributed by atoms with Gasteiger partial charge >= 0.3 is 12.0 Å². The number of urea groups is 1. The Morgan fingerprint density at radius 3 is 2.54 bits per heavy atom. The topological polar surface area (TPSA) is 79.3 Å². The Kier molecular flexibility index (Phi) is 9.86. The minimum atomic E-state index is -0.743. The number of amides is 3. The van der Waals surface area contributed by atoms with Gasteiger partial charge in [-0.15, -0.1) is 0 Å². The maximum atomic E-state index is 13.1. The zero-order chi connectivity index (χ0) is 27.1. The molecule has 2 aromatic carbocycles. The number of hydrogen-bond donors (Lipinski definition) is 0. The minimum Gasteiger partial charge on any atom is -0.462 e. The Labute approximate surface area is 224 Å². The molecule has 0 aliphatic carbocycles. The largest absolute Gasteiger partial charge is 0.462 e. The van der Waals surface area contributed by atoms with Crippen LogP contribution in [0.3, 0.4) is 0 Å². The highest BCUT2D eigenvalue weighted by molar-refractivity contribution is 6.30. The van der Waals surface area contributed by atoms with Crippen molar-refractivity contribution in [3.63, 3.8) is 0 Å². The summed E-state index contributed by atoms with van der Waals surface area (Å²) in [4.78, 5) is 46.3. The number of aliphatic imine (C=N–C) groups is 1. The molecule has 0 N–H and O–H groups in total. The van der Waals surface area contributed by atoms with Crippen molar-refractivity contribution in [1.29, 1.82) is 0 Å². The Hall–Kier alpha value is -3.19. The number of halogens is 1. The normalized spacial score (nSPS) is 17.5. The van der Waals surface area contributed by atoms with Crippen LogP contribution in [0.25, 0.3) is 0 Å². The van der Waals surface area contributed by atoms with Gasteiger partial charge in [0.2, 0.25) is 5.91 Å². The van der Waals surface area contributed by atoms with Crippen LogP contribution in [0.4, 0.5) is 4.79 Å². The van der Waals surface area contributed by atoms with E-state index in [1.54, 1.807) is 55.8 Å². The summed E-state index contributed by atoms with van der Waals surface area (Å²) in [5.41, 5.74) is 3.47. The number of carbonyl (C=O) groups is 3. The molecule has 0 fully saturated rings. The Morgan fingerprint density at radius 1 is 1.14 bits per heavy atom. The van der Waals surface area contributed by atoms with Crippen molar-refractivity contribution in [2.75, 3.05) is 20.1 Å². The lowest BCUT2D eigenvalue weighted by atomic mass is 9.86. The first kappa shape index (κ1) is 28.4. The van der Waals surface area contributed by atoms with Gasteiger partial charge in [0.1, 0.15) is 5.92 Å². The number of hydrogen-bond acceptors (Lipinski definition) is 4. The summed E-state index contributed by atoms with van der Waals surface area (Å²) in [5, 5.41) is 0.514. The monoisotopic (exact) mass is 525 g/mol. The third kappa shape index (κ3) is 7.65. The Bertz CT molecular complexity index is 1160. The van der Waals surface area contributed by atoms with Crippen LogP contribution in [0.2, 0.25) is 5.02 Å². The molecule has 0 saturated carbocycles. The van der Waals surface area contributed by atoms with Gasteiger partial charge in [-0.3, -0.25) is 9.59 Å². The van der Waals surface area contributed by atoms with E-state index in [0.29, 0.717) is 43.1 Å². The highest BCUT2D eigenvalue weighted by Gasteiger charge is 2.43. The van der Waals surface area contributed by atoms with E-state index in [1.807, 2.05) is 31.2 Å².